The van der Waals surface area contributed by atoms with Crippen molar-refractivity contribution in [3.63, 3.8) is 0 Å². The van der Waals surface area contributed by atoms with Gasteiger partial charge in [-0.2, -0.15) is 5.10 Å². The van der Waals surface area contributed by atoms with Gasteiger partial charge < -0.3 is 10.2 Å². The highest BCUT2D eigenvalue weighted by molar-refractivity contribution is 5.80. The van der Waals surface area contributed by atoms with Crippen molar-refractivity contribution in [1.29, 1.82) is 0 Å². The third kappa shape index (κ3) is 4.06. The third-order valence-corrected chi connectivity index (χ3v) is 5.21. The van der Waals surface area contributed by atoms with Crippen LogP contribution in [0.1, 0.15) is 37.3 Å². The highest BCUT2D eigenvalue weighted by atomic mass is 19.1. The molecule has 1 aromatic carbocycles. The van der Waals surface area contributed by atoms with Crippen LogP contribution in [0.4, 0.5) is 4.39 Å². The fourth-order valence-corrected chi connectivity index (χ4v) is 3.51. The smallest absolute Gasteiger partial charge is 0.193 e. The van der Waals surface area contributed by atoms with Crippen LogP contribution in [-0.4, -0.2) is 47.3 Å². The normalized spacial score (nSPS) is 18.4. The average molecular weight is 357 g/mol. The van der Waals surface area contributed by atoms with Gasteiger partial charge in [-0.1, -0.05) is 26.0 Å². The summed E-state index contributed by atoms with van der Waals surface area (Å²) in [7, 11) is 3.78. The van der Waals surface area contributed by atoms with Crippen LogP contribution in [0, 0.1) is 5.82 Å². The minimum Gasteiger partial charge on any atom is -0.355 e. The van der Waals surface area contributed by atoms with Gasteiger partial charge in [0, 0.05) is 51.3 Å². The van der Waals surface area contributed by atoms with E-state index in [1.807, 2.05) is 37.1 Å². The lowest BCUT2D eigenvalue weighted by atomic mass is 9.84. The number of hydrogen-bond donors (Lipinski definition) is 1. The van der Waals surface area contributed by atoms with Crippen LogP contribution in [0.5, 0.6) is 0 Å². The number of hydrogen-bond acceptors (Lipinski definition) is 2. The highest BCUT2D eigenvalue weighted by Gasteiger charge is 2.28. The maximum Gasteiger partial charge on any atom is 0.193 e. The van der Waals surface area contributed by atoms with Gasteiger partial charge in [0.1, 0.15) is 5.82 Å². The van der Waals surface area contributed by atoms with Crippen molar-refractivity contribution in [2.45, 2.75) is 31.6 Å². The zero-order chi connectivity index (χ0) is 18.7. The first-order valence-electron chi connectivity index (χ1n) is 9.09. The van der Waals surface area contributed by atoms with E-state index in [2.05, 4.69) is 40.4 Å². The molecule has 1 aliphatic rings. The summed E-state index contributed by atoms with van der Waals surface area (Å²) in [5, 5.41) is 7.79. The van der Waals surface area contributed by atoms with Gasteiger partial charge in [0.05, 0.1) is 6.20 Å². The molecule has 1 saturated heterocycles. The van der Waals surface area contributed by atoms with Crippen LogP contribution in [0.2, 0.25) is 0 Å². The Morgan fingerprint density at radius 2 is 2.08 bits per heavy atom. The Balaban J connectivity index is 1.60. The second-order valence-corrected chi connectivity index (χ2v) is 7.67. The summed E-state index contributed by atoms with van der Waals surface area (Å²) in [6.07, 6.45) is 5.16. The van der Waals surface area contributed by atoms with Crippen LogP contribution >= 0.6 is 0 Å². The van der Waals surface area contributed by atoms with Gasteiger partial charge in [0.15, 0.2) is 5.96 Å². The van der Waals surface area contributed by atoms with Crippen molar-refractivity contribution in [2.24, 2.45) is 12.0 Å². The minimum atomic E-state index is -0.202. The lowest BCUT2D eigenvalue weighted by molar-refractivity contribution is 0.454. The summed E-state index contributed by atoms with van der Waals surface area (Å²) in [4.78, 5) is 6.77. The maximum absolute atomic E-state index is 13.2. The Morgan fingerprint density at radius 3 is 2.69 bits per heavy atom. The molecule has 0 spiro atoms. The van der Waals surface area contributed by atoms with Crippen LogP contribution in [-0.2, 0) is 12.5 Å². The van der Waals surface area contributed by atoms with Crippen molar-refractivity contribution in [3.8, 4) is 0 Å². The van der Waals surface area contributed by atoms with E-state index in [1.54, 1.807) is 0 Å². The average Bonchev–Trinajstić information content (AvgIpc) is 3.25. The number of aromatic nitrogens is 2. The second kappa shape index (κ2) is 7.48. The maximum atomic E-state index is 13.2. The number of aliphatic imine (C=N–C) groups is 1. The van der Waals surface area contributed by atoms with Gasteiger partial charge >= 0.3 is 0 Å². The molecule has 1 atom stereocenters. The molecule has 1 aliphatic heterocycles. The van der Waals surface area contributed by atoms with Crippen molar-refractivity contribution in [1.82, 2.24) is 20.0 Å². The highest BCUT2D eigenvalue weighted by Crippen LogP contribution is 2.27. The van der Waals surface area contributed by atoms with E-state index in [0.29, 0.717) is 5.92 Å². The van der Waals surface area contributed by atoms with Gasteiger partial charge in [-0.3, -0.25) is 9.67 Å². The molecule has 26 heavy (non-hydrogen) atoms. The molecule has 1 N–H and O–H groups in total. The quantitative estimate of drug-likeness (QED) is 0.676. The molecule has 6 heteroatoms. The molecule has 0 amide bonds. The molecule has 140 valence electrons. The van der Waals surface area contributed by atoms with Crippen molar-refractivity contribution in [3.05, 3.63) is 53.6 Å². The molecular formula is C20H28FN5. The predicted octanol–water partition coefficient (Wildman–Crippen LogP) is 2.90. The van der Waals surface area contributed by atoms with Crippen LogP contribution in [0.15, 0.2) is 41.7 Å². The fraction of sp³-hybridized carbons (Fsp3) is 0.500. The van der Waals surface area contributed by atoms with Crippen LogP contribution in [0.3, 0.4) is 0 Å². The van der Waals surface area contributed by atoms with E-state index in [0.717, 1.165) is 37.6 Å². The number of nitrogens with one attached hydrogen (secondary N) is 1. The fourth-order valence-electron chi connectivity index (χ4n) is 3.51. The van der Waals surface area contributed by atoms with Gasteiger partial charge in [-0.05, 0) is 29.7 Å². The zero-order valence-electron chi connectivity index (χ0n) is 16.0. The first-order valence-corrected chi connectivity index (χ1v) is 9.09. The Morgan fingerprint density at radius 1 is 1.35 bits per heavy atom. The van der Waals surface area contributed by atoms with Gasteiger partial charge in [-0.15, -0.1) is 0 Å². The molecule has 2 aromatic rings. The minimum absolute atomic E-state index is 0.119. The SMILES string of the molecule is CN=C(NCC(C)(C)c1ccc(F)cc1)N1CCC(c2cnn(C)c2)C1. The zero-order valence-corrected chi connectivity index (χ0v) is 16.0. The summed E-state index contributed by atoms with van der Waals surface area (Å²) in [5.41, 5.74) is 2.28. The van der Waals surface area contributed by atoms with E-state index in [-0.39, 0.29) is 11.2 Å². The number of halogens is 1. The number of likely N-dealkylation sites (tertiary alicyclic amines) is 1. The molecular weight excluding hydrogens is 329 g/mol. The Kier molecular flexibility index (Phi) is 5.30. The summed E-state index contributed by atoms with van der Waals surface area (Å²) in [6, 6.07) is 6.75. The molecule has 0 aliphatic carbocycles. The standard InChI is InChI=1S/C20H28FN5/c1-20(2,17-5-7-18(21)8-6-17)14-23-19(22-3)26-10-9-15(13-26)16-11-24-25(4)12-16/h5-8,11-12,15H,9-10,13-14H2,1-4H3,(H,22,23). The van der Waals surface area contributed by atoms with E-state index in [4.69, 9.17) is 0 Å². The van der Waals surface area contributed by atoms with Crippen LogP contribution in [0.25, 0.3) is 0 Å². The Labute approximate surface area is 154 Å². The lowest BCUT2D eigenvalue weighted by Crippen LogP contribution is -2.45. The molecule has 1 unspecified atom stereocenters. The molecule has 1 aromatic heterocycles. The number of rotatable bonds is 4. The first-order chi connectivity index (χ1) is 12.4. The predicted molar refractivity (Wildman–Crippen MR) is 103 cm³/mol. The van der Waals surface area contributed by atoms with Crippen LogP contribution < -0.4 is 5.32 Å². The molecule has 5 nitrogen and oxygen atoms in total. The van der Waals surface area contributed by atoms with Crippen molar-refractivity contribution in [2.75, 3.05) is 26.7 Å². The summed E-state index contributed by atoms with van der Waals surface area (Å²) in [6.45, 7) is 6.98. The van der Waals surface area contributed by atoms with E-state index >= 15 is 0 Å². The number of aryl methyl sites for hydroxylation is 1. The third-order valence-electron chi connectivity index (χ3n) is 5.21. The number of nitrogens with zero attached hydrogens (tertiary/aromatic N) is 4. The second-order valence-electron chi connectivity index (χ2n) is 7.67. The van der Waals surface area contributed by atoms with Crippen molar-refractivity contribution < 1.29 is 4.39 Å². The summed E-state index contributed by atoms with van der Waals surface area (Å²) < 4.78 is 15.0. The van der Waals surface area contributed by atoms with E-state index < -0.39 is 0 Å². The van der Waals surface area contributed by atoms with Crippen molar-refractivity contribution >= 4 is 5.96 Å². The van der Waals surface area contributed by atoms with E-state index in [1.165, 1.54) is 17.7 Å². The Bertz CT molecular complexity index is 763. The van der Waals surface area contributed by atoms with E-state index in [9.17, 15) is 4.39 Å². The largest absolute Gasteiger partial charge is 0.355 e. The molecule has 0 bridgehead atoms. The van der Waals surface area contributed by atoms with Gasteiger partial charge in [0.25, 0.3) is 0 Å². The first kappa shape index (κ1) is 18.4. The molecule has 1 fully saturated rings. The van der Waals surface area contributed by atoms with Gasteiger partial charge in [-0.25, -0.2) is 4.39 Å². The molecule has 3 rings (SSSR count). The van der Waals surface area contributed by atoms with Gasteiger partial charge in [0.2, 0.25) is 0 Å². The summed E-state index contributed by atoms with van der Waals surface area (Å²) in [5.74, 6) is 1.21. The topological polar surface area (TPSA) is 45.5 Å². The molecule has 2 heterocycles. The Hall–Kier alpha value is -2.37. The number of guanidine groups is 1. The summed E-state index contributed by atoms with van der Waals surface area (Å²) >= 11 is 0. The molecule has 0 saturated carbocycles. The number of benzene rings is 1. The lowest BCUT2D eigenvalue weighted by Gasteiger charge is -2.29. The molecule has 0 radical (unpaired) electrons. The monoisotopic (exact) mass is 357 g/mol.